The van der Waals surface area contributed by atoms with Crippen molar-refractivity contribution in [2.45, 2.75) is 70.2 Å². The molecule has 0 aliphatic carbocycles. The molecule has 1 N–H and O–H groups in total. The van der Waals surface area contributed by atoms with Crippen LogP contribution in [0.5, 0.6) is 0 Å². The molecule has 0 spiro atoms. The lowest BCUT2D eigenvalue weighted by atomic mass is 9.97. The highest BCUT2D eigenvalue weighted by Crippen LogP contribution is 2.38. The van der Waals surface area contributed by atoms with Crippen molar-refractivity contribution in [2.24, 2.45) is 0 Å². The van der Waals surface area contributed by atoms with Crippen LogP contribution >= 0.6 is 0 Å². The van der Waals surface area contributed by atoms with E-state index in [1.807, 2.05) is 49.9 Å². The zero-order chi connectivity index (χ0) is 17.3. The molecule has 5 heteroatoms. The lowest BCUT2D eigenvalue weighted by Gasteiger charge is -2.40. The number of nitrogens with one attached hydrogen (secondary N) is 1. The van der Waals surface area contributed by atoms with Crippen LogP contribution in [-0.4, -0.2) is 34.7 Å². The van der Waals surface area contributed by atoms with Crippen LogP contribution in [0.3, 0.4) is 0 Å². The van der Waals surface area contributed by atoms with Crippen molar-refractivity contribution >= 4 is 11.8 Å². The fourth-order valence-electron chi connectivity index (χ4n) is 3.83. The van der Waals surface area contributed by atoms with Crippen LogP contribution in [0.2, 0.25) is 0 Å². The van der Waals surface area contributed by atoms with Gasteiger partial charge in [0.15, 0.2) is 0 Å². The van der Waals surface area contributed by atoms with E-state index >= 15 is 0 Å². The predicted octanol–water partition coefficient (Wildman–Crippen LogP) is 3.90. The normalized spacial score (nSPS) is 25.9. The first-order valence-electron chi connectivity index (χ1n) is 8.64. The molecule has 0 radical (unpaired) electrons. The van der Waals surface area contributed by atoms with Gasteiger partial charge in [0.2, 0.25) is 0 Å². The van der Waals surface area contributed by atoms with Crippen LogP contribution in [0, 0.1) is 11.3 Å². The van der Waals surface area contributed by atoms with Crippen molar-refractivity contribution in [2.75, 3.05) is 5.32 Å². The molecule has 1 amide bonds. The third-order valence-corrected chi connectivity index (χ3v) is 4.74. The molecule has 2 bridgehead atoms. The van der Waals surface area contributed by atoms with E-state index in [0.29, 0.717) is 5.56 Å². The van der Waals surface area contributed by atoms with Gasteiger partial charge < -0.3 is 15.0 Å². The lowest BCUT2D eigenvalue weighted by molar-refractivity contribution is 0.00683. The van der Waals surface area contributed by atoms with Crippen molar-refractivity contribution < 1.29 is 9.53 Å². The molecule has 3 rings (SSSR count). The fourth-order valence-corrected chi connectivity index (χ4v) is 3.83. The van der Waals surface area contributed by atoms with Gasteiger partial charge in [-0.05, 0) is 58.6 Å². The number of benzene rings is 1. The number of carbonyl (C=O) groups excluding carboxylic acids is 1. The third kappa shape index (κ3) is 3.48. The highest BCUT2D eigenvalue weighted by molar-refractivity contribution is 5.70. The number of anilines is 1. The molecule has 2 atom stereocenters. The zero-order valence-electron chi connectivity index (χ0n) is 14.6. The highest BCUT2D eigenvalue weighted by Gasteiger charge is 2.44. The second-order valence-electron chi connectivity index (χ2n) is 7.74. The summed E-state index contributed by atoms with van der Waals surface area (Å²) in [7, 11) is 0. The van der Waals surface area contributed by atoms with E-state index in [-0.39, 0.29) is 24.2 Å². The Morgan fingerprint density at radius 2 is 1.88 bits per heavy atom. The van der Waals surface area contributed by atoms with Gasteiger partial charge in [-0.25, -0.2) is 4.79 Å². The molecular formula is C19H25N3O2. The van der Waals surface area contributed by atoms with Crippen molar-refractivity contribution in [3.8, 4) is 6.07 Å². The Kier molecular flexibility index (Phi) is 4.40. The van der Waals surface area contributed by atoms with Crippen LogP contribution in [-0.2, 0) is 4.74 Å². The van der Waals surface area contributed by atoms with Gasteiger partial charge in [0.25, 0.3) is 0 Å². The largest absolute Gasteiger partial charge is 0.444 e. The molecule has 2 fully saturated rings. The maximum absolute atomic E-state index is 12.5. The lowest BCUT2D eigenvalue weighted by Crippen LogP contribution is -2.51. The number of piperidine rings is 1. The summed E-state index contributed by atoms with van der Waals surface area (Å²) in [5, 5.41) is 12.7. The Labute approximate surface area is 143 Å². The van der Waals surface area contributed by atoms with Crippen molar-refractivity contribution in [1.29, 1.82) is 5.26 Å². The summed E-state index contributed by atoms with van der Waals surface area (Å²) in [5.41, 5.74) is 1.09. The Morgan fingerprint density at radius 3 is 2.46 bits per heavy atom. The maximum atomic E-state index is 12.5. The van der Waals surface area contributed by atoms with Crippen LogP contribution in [0.4, 0.5) is 10.5 Å². The Bertz CT molecular complexity index is 645. The van der Waals surface area contributed by atoms with Crippen LogP contribution in [0.15, 0.2) is 24.3 Å². The average Bonchev–Trinajstić information content (AvgIpc) is 2.78. The van der Waals surface area contributed by atoms with Crippen LogP contribution in [0.25, 0.3) is 0 Å². The number of hydrogen-bond donors (Lipinski definition) is 1. The summed E-state index contributed by atoms with van der Waals surface area (Å²) in [4.78, 5) is 14.4. The second kappa shape index (κ2) is 6.35. The van der Waals surface area contributed by atoms with E-state index in [1.54, 1.807) is 0 Å². The summed E-state index contributed by atoms with van der Waals surface area (Å²) in [6.45, 7) is 5.71. The maximum Gasteiger partial charge on any atom is 0.410 e. The molecule has 0 saturated carbocycles. The number of para-hydroxylation sites is 1. The molecule has 1 aromatic rings. The van der Waals surface area contributed by atoms with Gasteiger partial charge >= 0.3 is 6.09 Å². The molecule has 5 nitrogen and oxygen atoms in total. The highest BCUT2D eigenvalue weighted by atomic mass is 16.6. The molecule has 2 aliphatic heterocycles. The zero-order valence-corrected chi connectivity index (χ0v) is 14.6. The molecule has 2 aliphatic rings. The van der Waals surface area contributed by atoms with E-state index in [4.69, 9.17) is 4.74 Å². The molecule has 24 heavy (non-hydrogen) atoms. The summed E-state index contributed by atoms with van der Waals surface area (Å²) in [6, 6.07) is 10.6. The third-order valence-electron chi connectivity index (χ3n) is 4.74. The second-order valence-corrected chi connectivity index (χ2v) is 7.74. The predicted molar refractivity (Wildman–Crippen MR) is 92.7 cm³/mol. The molecule has 2 saturated heterocycles. The first-order valence-corrected chi connectivity index (χ1v) is 8.64. The molecular weight excluding hydrogens is 302 g/mol. The van der Waals surface area contributed by atoms with Gasteiger partial charge in [0.05, 0.1) is 11.3 Å². The van der Waals surface area contributed by atoms with E-state index in [0.717, 1.165) is 31.4 Å². The monoisotopic (exact) mass is 327 g/mol. The number of ether oxygens (including phenoxy) is 1. The number of carbonyl (C=O) groups is 1. The van der Waals surface area contributed by atoms with Gasteiger partial charge in [0.1, 0.15) is 11.7 Å². The summed E-state index contributed by atoms with van der Waals surface area (Å²) in [6.07, 6.45) is 3.67. The number of nitriles is 1. The minimum absolute atomic E-state index is 0.189. The van der Waals surface area contributed by atoms with E-state index in [1.165, 1.54) is 0 Å². The van der Waals surface area contributed by atoms with Crippen molar-refractivity contribution in [1.82, 2.24) is 4.90 Å². The van der Waals surface area contributed by atoms with Gasteiger partial charge in [-0.1, -0.05) is 12.1 Å². The van der Waals surface area contributed by atoms with Gasteiger partial charge in [-0.15, -0.1) is 0 Å². The molecule has 2 heterocycles. The van der Waals surface area contributed by atoms with E-state index < -0.39 is 5.60 Å². The van der Waals surface area contributed by atoms with E-state index in [9.17, 15) is 10.1 Å². The minimum Gasteiger partial charge on any atom is -0.444 e. The Morgan fingerprint density at radius 1 is 1.25 bits per heavy atom. The SMILES string of the molecule is CC(C)(C)OC(=O)N1C2CCC1CC(Nc1ccccc1C#N)C2. The first kappa shape index (κ1) is 16.6. The van der Waals surface area contributed by atoms with E-state index in [2.05, 4.69) is 11.4 Å². The standard InChI is InChI=1S/C19H25N3O2/c1-19(2,3)24-18(23)22-15-8-9-16(22)11-14(10-15)21-17-7-5-4-6-13(17)12-20/h4-7,14-16,21H,8-11H2,1-3H3. The summed E-state index contributed by atoms with van der Waals surface area (Å²) < 4.78 is 5.57. The molecule has 128 valence electrons. The van der Waals surface area contributed by atoms with Gasteiger partial charge in [0, 0.05) is 18.1 Å². The number of rotatable bonds is 2. The van der Waals surface area contributed by atoms with Crippen molar-refractivity contribution in [3.63, 3.8) is 0 Å². The number of amides is 1. The van der Waals surface area contributed by atoms with Gasteiger partial charge in [-0.3, -0.25) is 0 Å². The molecule has 1 aromatic carbocycles. The average molecular weight is 327 g/mol. The quantitative estimate of drug-likeness (QED) is 0.894. The smallest absolute Gasteiger partial charge is 0.410 e. The number of hydrogen-bond acceptors (Lipinski definition) is 4. The van der Waals surface area contributed by atoms with Gasteiger partial charge in [-0.2, -0.15) is 5.26 Å². The summed E-state index contributed by atoms with van der Waals surface area (Å²) >= 11 is 0. The Balaban J connectivity index is 1.67. The minimum atomic E-state index is -0.461. The van der Waals surface area contributed by atoms with Crippen LogP contribution in [0.1, 0.15) is 52.0 Å². The Hall–Kier alpha value is -2.22. The first-order chi connectivity index (χ1) is 11.4. The van der Waals surface area contributed by atoms with Crippen molar-refractivity contribution in [3.05, 3.63) is 29.8 Å². The fraction of sp³-hybridized carbons (Fsp3) is 0.579. The van der Waals surface area contributed by atoms with Crippen LogP contribution < -0.4 is 5.32 Å². The molecule has 0 aromatic heterocycles. The number of fused-ring (bicyclic) bond motifs is 2. The molecule has 2 unspecified atom stereocenters. The summed E-state index contributed by atoms with van der Waals surface area (Å²) in [5.74, 6) is 0. The number of nitrogens with zero attached hydrogens (tertiary/aromatic N) is 2. The topological polar surface area (TPSA) is 65.4 Å².